The van der Waals surface area contributed by atoms with Gasteiger partial charge in [-0.1, -0.05) is 6.92 Å². The lowest BCUT2D eigenvalue weighted by molar-refractivity contribution is -0.139. The Labute approximate surface area is 147 Å². The van der Waals surface area contributed by atoms with E-state index in [1.54, 1.807) is 11.3 Å². The van der Waals surface area contributed by atoms with Crippen LogP contribution in [-0.2, 0) is 18.3 Å². The monoisotopic (exact) mass is 346 g/mol. The van der Waals surface area contributed by atoms with E-state index in [9.17, 15) is 4.79 Å². The molecule has 2 aromatic rings. The first-order valence-corrected chi connectivity index (χ1v) is 9.56. The third kappa shape index (κ3) is 3.24. The normalized spacial score (nSPS) is 19.5. The number of hydrogen-bond acceptors (Lipinski definition) is 4. The standard InChI is InChI=1S/C18H26N4OS/c1-12(11-15-13(2)20-21(4)14(15)3)18(23)22-9-6-5-7-16(22)17-19-8-10-24-17/h8,10,12,16H,5-7,9,11H2,1-4H3/t12-,16+/m1/s1. The number of nitrogens with zero attached hydrogens (tertiary/aromatic N) is 4. The highest BCUT2D eigenvalue weighted by Gasteiger charge is 2.32. The number of carbonyl (C=O) groups excluding carboxylic acids is 1. The number of aryl methyl sites for hydroxylation is 2. The molecule has 0 aromatic carbocycles. The first-order valence-electron chi connectivity index (χ1n) is 8.68. The maximum atomic E-state index is 13.1. The summed E-state index contributed by atoms with van der Waals surface area (Å²) in [6.07, 6.45) is 5.87. The van der Waals surface area contributed by atoms with Crippen molar-refractivity contribution in [3.63, 3.8) is 0 Å². The average molecular weight is 346 g/mol. The predicted octanol–water partition coefficient (Wildman–Crippen LogP) is 3.43. The zero-order chi connectivity index (χ0) is 17.3. The average Bonchev–Trinajstić information content (AvgIpc) is 3.19. The van der Waals surface area contributed by atoms with Gasteiger partial charge in [0.1, 0.15) is 5.01 Å². The molecule has 6 heteroatoms. The van der Waals surface area contributed by atoms with E-state index in [2.05, 4.69) is 21.9 Å². The van der Waals surface area contributed by atoms with Crippen LogP contribution in [0.25, 0.3) is 0 Å². The summed E-state index contributed by atoms with van der Waals surface area (Å²) in [6.45, 7) is 6.99. The Morgan fingerprint density at radius 2 is 2.21 bits per heavy atom. The molecule has 0 spiro atoms. The van der Waals surface area contributed by atoms with E-state index >= 15 is 0 Å². The van der Waals surface area contributed by atoms with Gasteiger partial charge in [-0.3, -0.25) is 9.48 Å². The molecule has 2 aromatic heterocycles. The van der Waals surface area contributed by atoms with E-state index in [-0.39, 0.29) is 17.9 Å². The molecular formula is C18H26N4OS. The van der Waals surface area contributed by atoms with E-state index in [4.69, 9.17) is 0 Å². The number of hydrogen-bond donors (Lipinski definition) is 0. The van der Waals surface area contributed by atoms with Crippen molar-refractivity contribution < 1.29 is 4.79 Å². The Morgan fingerprint density at radius 3 is 2.83 bits per heavy atom. The van der Waals surface area contributed by atoms with Gasteiger partial charge in [0.2, 0.25) is 5.91 Å². The summed E-state index contributed by atoms with van der Waals surface area (Å²) in [4.78, 5) is 19.6. The summed E-state index contributed by atoms with van der Waals surface area (Å²) in [5.41, 5.74) is 3.40. The zero-order valence-electron chi connectivity index (χ0n) is 15.0. The lowest BCUT2D eigenvalue weighted by Gasteiger charge is -2.36. The lowest BCUT2D eigenvalue weighted by atomic mass is 9.95. The molecule has 5 nitrogen and oxygen atoms in total. The third-order valence-electron chi connectivity index (χ3n) is 5.11. The number of amides is 1. The van der Waals surface area contributed by atoms with Crippen LogP contribution in [0.3, 0.4) is 0 Å². The predicted molar refractivity (Wildman–Crippen MR) is 96.0 cm³/mol. The number of aromatic nitrogens is 3. The highest BCUT2D eigenvalue weighted by molar-refractivity contribution is 7.09. The molecule has 24 heavy (non-hydrogen) atoms. The van der Waals surface area contributed by atoms with Crippen molar-refractivity contribution in [3.8, 4) is 0 Å². The molecule has 0 bridgehead atoms. The van der Waals surface area contributed by atoms with Crippen molar-refractivity contribution in [1.29, 1.82) is 0 Å². The molecule has 1 aliphatic heterocycles. The van der Waals surface area contributed by atoms with Crippen molar-refractivity contribution >= 4 is 17.2 Å². The Balaban J connectivity index is 1.76. The molecule has 0 aliphatic carbocycles. The van der Waals surface area contributed by atoms with Crippen LogP contribution in [0, 0.1) is 19.8 Å². The molecule has 130 valence electrons. The maximum Gasteiger partial charge on any atom is 0.226 e. The second-order valence-corrected chi connectivity index (χ2v) is 7.72. The van der Waals surface area contributed by atoms with Crippen molar-refractivity contribution in [2.45, 2.75) is 52.5 Å². The van der Waals surface area contributed by atoms with Gasteiger partial charge in [0.15, 0.2) is 0 Å². The van der Waals surface area contributed by atoms with Crippen LogP contribution in [0.2, 0.25) is 0 Å². The minimum Gasteiger partial charge on any atom is -0.333 e. The Hall–Kier alpha value is -1.69. The van der Waals surface area contributed by atoms with Gasteiger partial charge in [-0.05, 0) is 45.1 Å². The number of thiazole rings is 1. The van der Waals surface area contributed by atoms with Gasteiger partial charge < -0.3 is 4.90 Å². The van der Waals surface area contributed by atoms with Crippen LogP contribution < -0.4 is 0 Å². The fourth-order valence-electron chi connectivity index (χ4n) is 3.64. The van der Waals surface area contributed by atoms with Gasteiger partial charge >= 0.3 is 0 Å². The Bertz CT molecular complexity index is 707. The topological polar surface area (TPSA) is 51.0 Å². The molecule has 3 rings (SSSR count). The number of carbonyl (C=O) groups is 1. The summed E-state index contributed by atoms with van der Waals surface area (Å²) in [6, 6.07) is 0.157. The van der Waals surface area contributed by atoms with Crippen LogP contribution >= 0.6 is 11.3 Å². The minimum absolute atomic E-state index is 0.0350. The van der Waals surface area contributed by atoms with Crippen LogP contribution in [0.15, 0.2) is 11.6 Å². The van der Waals surface area contributed by atoms with E-state index < -0.39 is 0 Å². The summed E-state index contributed by atoms with van der Waals surface area (Å²) >= 11 is 1.66. The van der Waals surface area contributed by atoms with Crippen LogP contribution in [0.4, 0.5) is 0 Å². The SMILES string of the molecule is Cc1nn(C)c(C)c1C[C@@H](C)C(=O)N1CCCC[C@H]1c1nccs1. The van der Waals surface area contributed by atoms with E-state index in [1.165, 1.54) is 12.0 Å². The van der Waals surface area contributed by atoms with Crippen LogP contribution in [-0.4, -0.2) is 32.1 Å². The Morgan fingerprint density at radius 1 is 1.42 bits per heavy atom. The molecule has 0 N–H and O–H groups in total. The van der Waals surface area contributed by atoms with Gasteiger partial charge in [0, 0.05) is 36.8 Å². The summed E-state index contributed by atoms with van der Waals surface area (Å²) in [7, 11) is 1.96. The highest BCUT2D eigenvalue weighted by atomic mass is 32.1. The third-order valence-corrected chi connectivity index (χ3v) is 5.99. The number of likely N-dealkylation sites (tertiary alicyclic amines) is 1. The lowest BCUT2D eigenvalue weighted by Crippen LogP contribution is -2.41. The van der Waals surface area contributed by atoms with Gasteiger partial charge in [0.05, 0.1) is 11.7 Å². The molecule has 1 fully saturated rings. The molecule has 1 amide bonds. The Kier molecular flexibility index (Phi) is 5.04. The van der Waals surface area contributed by atoms with Gasteiger partial charge in [0.25, 0.3) is 0 Å². The minimum atomic E-state index is -0.0350. The van der Waals surface area contributed by atoms with E-state index in [1.807, 2.05) is 37.2 Å². The fourth-order valence-corrected chi connectivity index (χ4v) is 4.43. The summed E-state index contributed by atoms with van der Waals surface area (Å²) < 4.78 is 1.90. The number of rotatable bonds is 4. The smallest absolute Gasteiger partial charge is 0.226 e. The largest absolute Gasteiger partial charge is 0.333 e. The van der Waals surface area contributed by atoms with Crippen molar-refractivity contribution in [2.24, 2.45) is 13.0 Å². The second-order valence-electron chi connectivity index (χ2n) is 6.79. The van der Waals surface area contributed by atoms with E-state index in [0.717, 1.165) is 42.2 Å². The van der Waals surface area contributed by atoms with Gasteiger partial charge in [-0.2, -0.15) is 5.10 Å². The molecule has 0 saturated carbocycles. The van der Waals surface area contributed by atoms with Crippen molar-refractivity contribution in [3.05, 3.63) is 33.5 Å². The highest BCUT2D eigenvalue weighted by Crippen LogP contribution is 2.33. The summed E-state index contributed by atoms with van der Waals surface area (Å²) in [5, 5.41) is 7.55. The maximum absolute atomic E-state index is 13.1. The molecule has 0 radical (unpaired) electrons. The van der Waals surface area contributed by atoms with E-state index in [0.29, 0.717) is 0 Å². The van der Waals surface area contributed by atoms with Gasteiger partial charge in [-0.15, -0.1) is 11.3 Å². The molecule has 1 saturated heterocycles. The summed E-state index contributed by atoms with van der Waals surface area (Å²) in [5.74, 6) is 0.213. The van der Waals surface area contributed by atoms with Crippen molar-refractivity contribution in [1.82, 2.24) is 19.7 Å². The molecule has 0 unspecified atom stereocenters. The first kappa shape index (κ1) is 17.1. The zero-order valence-corrected chi connectivity index (χ0v) is 15.8. The molecule has 1 aliphatic rings. The van der Waals surface area contributed by atoms with Crippen LogP contribution in [0.1, 0.15) is 54.2 Å². The van der Waals surface area contributed by atoms with Crippen LogP contribution in [0.5, 0.6) is 0 Å². The quantitative estimate of drug-likeness (QED) is 0.852. The first-order chi connectivity index (χ1) is 11.5. The number of piperidine rings is 1. The van der Waals surface area contributed by atoms with Gasteiger partial charge in [-0.25, -0.2) is 4.98 Å². The molecule has 2 atom stereocenters. The molecule has 3 heterocycles. The second kappa shape index (κ2) is 7.05. The van der Waals surface area contributed by atoms with Crippen molar-refractivity contribution in [2.75, 3.05) is 6.54 Å². The molecular weight excluding hydrogens is 320 g/mol. The fraction of sp³-hybridized carbons (Fsp3) is 0.611.